The Morgan fingerprint density at radius 2 is 1.89 bits per heavy atom. The number of aryl methyl sites for hydroxylation is 1. The zero-order valence-corrected chi connectivity index (χ0v) is 17.6. The molecule has 5 nitrogen and oxygen atoms in total. The van der Waals surface area contributed by atoms with Crippen LogP contribution in [0.4, 0.5) is 11.4 Å². The third kappa shape index (κ3) is 5.25. The van der Waals surface area contributed by atoms with E-state index in [0.29, 0.717) is 31.0 Å². The molecular weight excluding hydrogens is 397 g/mol. The molecule has 150 valence electrons. The quantitative estimate of drug-likeness (QED) is 0.739. The van der Waals surface area contributed by atoms with Gasteiger partial charge in [-0.15, -0.1) is 12.4 Å². The summed E-state index contributed by atoms with van der Waals surface area (Å²) in [5.74, 6) is -0.0277. The number of nitrogens with zero attached hydrogens (tertiary/aromatic N) is 1. The molecule has 0 spiro atoms. The van der Waals surface area contributed by atoms with Crippen LogP contribution in [0.25, 0.3) is 0 Å². The van der Waals surface area contributed by atoms with E-state index in [1.54, 1.807) is 4.90 Å². The van der Waals surface area contributed by atoms with Crippen molar-refractivity contribution in [3.8, 4) is 0 Å². The van der Waals surface area contributed by atoms with E-state index in [2.05, 4.69) is 10.6 Å². The SMILES string of the molecule is CNCC(C)C(=O)Nc1ccc2c(c1)CCC(=O)N2Cc1ccc(Cl)cc1.Cl. The summed E-state index contributed by atoms with van der Waals surface area (Å²) < 4.78 is 0. The Hall–Kier alpha value is -2.08. The molecule has 2 aromatic carbocycles. The Balaban J connectivity index is 0.00000280. The number of hydrogen-bond acceptors (Lipinski definition) is 3. The smallest absolute Gasteiger partial charge is 0.228 e. The Morgan fingerprint density at radius 1 is 1.18 bits per heavy atom. The number of carbonyl (C=O) groups is 2. The van der Waals surface area contributed by atoms with Crippen molar-refractivity contribution in [2.24, 2.45) is 5.92 Å². The molecule has 28 heavy (non-hydrogen) atoms. The summed E-state index contributed by atoms with van der Waals surface area (Å²) in [6.45, 7) is 3.02. The van der Waals surface area contributed by atoms with Crippen molar-refractivity contribution in [1.29, 1.82) is 0 Å². The van der Waals surface area contributed by atoms with Gasteiger partial charge in [0.2, 0.25) is 11.8 Å². The maximum absolute atomic E-state index is 12.5. The van der Waals surface area contributed by atoms with Gasteiger partial charge in [-0.2, -0.15) is 0 Å². The molecule has 1 aliphatic rings. The zero-order valence-electron chi connectivity index (χ0n) is 16.0. The second-order valence-electron chi connectivity index (χ2n) is 6.90. The molecule has 1 unspecified atom stereocenters. The third-order valence-electron chi connectivity index (χ3n) is 4.76. The topological polar surface area (TPSA) is 61.4 Å². The molecule has 0 aromatic heterocycles. The van der Waals surface area contributed by atoms with E-state index in [0.717, 1.165) is 22.5 Å². The molecule has 7 heteroatoms. The van der Waals surface area contributed by atoms with E-state index in [1.807, 2.05) is 56.4 Å². The number of nitrogens with one attached hydrogen (secondary N) is 2. The maximum Gasteiger partial charge on any atom is 0.228 e. The van der Waals surface area contributed by atoms with Gasteiger partial charge in [0.05, 0.1) is 6.54 Å². The molecule has 1 heterocycles. The van der Waals surface area contributed by atoms with E-state index in [1.165, 1.54) is 0 Å². The largest absolute Gasteiger partial charge is 0.326 e. The van der Waals surface area contributed by atoms with Crippen LogP contribution in [0.1, 0.15) is 24.5 Å². The fourth-order valence-electron chi connectivity index (χ4n) is 3.25. The number of benzene rings is 2. The monoisotopic (exact) mass is 421 g/mol. The number of fused-ring (bicyclic) bond motifs is 1. The Bertz CT molecular complexity index is 840. The van der Waals surface area contributed by atoms with Gasteiger partial charge in [-0.3, -0.25) is 9.59 Å². The van der Waals surface area contributed by atoms with Crippen molar-refractivity contribution in [2.45, 2.75) is 26.3 Å². The van der Waals surface area contributed by atoms with Crippen LogP contribution in [-0.2, 0) is 22.6 Å². The molecule has 0 fully saturated rings. The zero-order chi connectivity index (χ0) is 19.4. The summed E-state index contributed by atoms with van der Waals surface area (Å²) in [6.07, 6.45) is 1.15. The van der Waals surface area contributed by atoms with E-state index in [-0.39, 0.29) is 30.1 Å². The molecule has 1 atom stereocenters. The number of halogens is 2. The molecule has 3 rings (SSSR count). The minimum atomic E-state index is -0.117. The fraction of sp³-hybridized carbons (Fsp3) is 0.333. The highest BCUT2D eigenvalue weighted by atomic mass is 35.5. The average Bonchev–Trinajstić information content (AvgIpc) is 2.66. The van der Waals surface area contributed by atoms with Crippen molar-refractivity contribution in [3.63, 3.8) is 0 Å². The van der Waals surface area contributed by atoms with E-state index in [9.17, 15) is 9.59 Å². The second kappa shape index (κ2) is 9.92. The van der Waals surface area contributed by atoms with Crippen LogP contribution in [-0.4, -0.2) is 25.4 Å². The predicted octanol–water partition coefficient (Wildman–Crippen LogP) is 4.04. The first-order valence-electron chi connectivity index (χ1n) is 9.11. The molecular formula is C21H25Cl2N3O2. The number of hydrogen-bond donors (Lipinski definition) is 2. The first-order chi connectivity index (χ1) is 13.0. The molecule has 0 bridgehead atoms. The molecule has 0 saturated heterocycles. The molecule has 0 radical (unpaired) electrons. The van der Waals surface area contributed by atoms with Crippen LogP contribution in [0.2, 0.25) is 5.02 Å². The van der Waals surface area contributed by atoms with Crippen molar-refractivity contribution in [3.05, 3.63) is 58.6 Å². The normalized spacial score (nSPS) is 14.1. The van der Waals surface area contributed by atoms with E-state index >= 15 is 0 Å². The van der Waals surface area contributed by atoms with Gasteiger partial charge in [-0.05, 0) is 54.9 Å². The van der Waals surface area contributed by atoms with Gasteiger partial charge < -0.3 is 15.5 Å². The highest BCUT2D eigenvalue weighted by Crippen LogP contribution is 2.31. The van der Waals surface area contributed by atoms with Gasteiger partial charge in [0.1, 0.15) is 0 Å². The highest BCUT2D eigenvalue weighted by molar-refractivity contribution is 6.30. The Kier molecular flexibility index (Phi) is 7.87. The number of carbonyl (C=O) groups excluding carboxylic acids is 2. The van der Waals surface area contributed by atoms with Gasteiger partial charge in [0.15, 0.2) is 0 Å². The third-order valence-corrected chi connectivity index (χ3v) is 5.01. The summed E-state index contributed by atoms with van der Waals surface area (Å²) >= 11 is 5.95. The van der Waals surface area contributed by atoms with Gasteiger partial charge >= 0.3 is 0 Å². The summed E-state index contributed by atoms with van der Waals surface area (Å²) in [5.41, 5.74) is 3.77. The minimum absolute atomic E-state index is 0. The number of rotatable bonds is 6. The van der Waals surface area contributed by atoms with Crippen LogP contribution in [0.3, 0.4) is 0 Å². The van der Waals surface area contributed by atoms with Crippen molar-refractivity contribution in [2.75, 3.05) is 23.8 Å². The second-order valence-corrected chi connectivity index (χ2v) is 7.33. The molecule has 2 N–H and O–H groups in total. The maximum atomic E-state index is 12.5. The van der Waals surface area contributed by atoms with Gasteiger partial charge in [-0.1, -0.05) is 30.7 Å². The van der Waals surface area contributed by atoms with Crippen LogP contribution >= 0.6 is 24.0 Å². The molecule has 1 aliphatic heterocycles. The van der Waals surface area contributed by atoms with Crippen LogP contribution in [0, 0.1) is 5.92 Å². The van der Waals surface area contributed by atoms with Gasteiger partial charge in [0.25, 0.3) is 0 Å². The van der Waals surface area contributed by atoms with Crippen LogP contribution in [0.5, 0.6) is 0 Å². The average molecular weight is 422 g/mol. The number of amides is 2. The number of anilines is 2. The van der Waals surface area contributed by atoms with E-state index in [4.69, 9.17) is 11.6 Å². The van der Waals surface area contributed by atoms with E-state index < -0.39 is 0 Å². The van der Waals surface area contributed by atoms with Crippen LogP contribution in [0.15, 0.2) is 42.5 Å². The van der Waals surface area contributed by atoms with Crippen molar-refractivity contribution >= 4 is 47.2 Å². The van der Waals surface area contributed by atoms with Crippen molar-refractivity contribution in [1.82, 2.24) is 5.32 Å². The lowest BCUT2D eigenvalue weighted by Gasteiger charge is -2.30. The van der Waals surface area contributed by atoms with Crippen molar-refractivity contribution < 1.29 is 9.59 Å². The summed E-state index contributed by atoms with van der Waals surface area (Å²) in [5, 5.41) is 6.65. The van der Waals surface area contributed by atoms with Gasteiger partial charge in [-0.25, -0.2) is 0 Å². The fourth-order valence-corrected chi connectivity index (χ4v) is 3.37. The highest BCUT2D eigenvalue weighted by Gasteiger charge is 2.25. The summed E-state index contributed by atoms with van der Waals surface area (Å²) in [7, 11) is 1.83. The molecule has 0 saturated carbocycles. The van der Waals surface area contributed by atoms with Crippen LogP contribution < -0.4 is 15.5 Å². The summed E-state index contributed by atoms with van der Waals surface area (Å²) in [4.78, 5) is 26.5. The van der Waals surface area contributed by atoms with Gasteiger partial charge in [0, 0.05) is 35.3 Å². The first-order valence-corrected chi connectivity index (χ1v) is 9.49. The lowest BCUT2D eigenvalue weighted by atomic mass is 9.99. The molecule has 0 aliphatic carbocycles. The predicted molar refractivity (Wildman–Crippen MR) is 116 cm³/mol. The summed E-state index contributed by atoms with van der Waals surface area (Å²) in [6, 6.07) is 13.3. The Morgan fingerprint density at radius 3 is 2.57 bits per heavy atom. The Labute approximate surface area is 176 Å². The lowest BCUT2D eigenvalue weighted by Crippen LogP contribution is -2.34. The molecule has 2 amide bonds. The minimum Gasteiger partial charge on any atom is -0.326 e. The standard InChI is InChI=1S/C21H24ClN3O2.ClH/c1-14(12-23-2)21(27)24-18-8-9-19-16(11-18)5-10-20(26)25(19)13-15-3-6-17(22)7-4-15;/h3-4,6-9,11,14,23H,5,10,12-13H2,1-2H3,(H,24,27);1H. The molecule has 2 aromatic rings. The first kappa shape index (κ1) is 22.2. The lowest BCUT2D eigenvalue weighted by molar-refractivity contribution is -0.120.